The second kappa shape index (κ2) is 9.40. The second-order valence-electron chi connectivity index (χ2n) is 6.62. The molecule has 0 atom stereocenters. The van der Waals surface area contributed by atoms with Gasteiger partial charge in [0, 0.05) is 29.1 Å². The van der Waals surface area contributed by atoms with Crippen molar-refractivity contribution in [3.8, 4) is 17.1 Å². The van der Waals surface area contributed by atoms with Crippen molar-refractivity contribution in [3.63, 3.8) is 0 Å². The first-order chi connectivity index (χ1) is 15.5. The maximum absolute atomic E-state index is 13.0. The molecule has 3 aromatic carbocycles. The monoisotopic (exact) mass is 449 g/mol. The molecule has 8 nitrogen and oxygen atoms in total. The highest BCUT2D eigenvalue weighted by Gasteiger charge is 2.18. The number of benzene rings is 3. The molecule has 0 fully saturated rings. The Morgan fingerprint density at radius 2 is 1.69 bits per heavy atom. The largest absolute Gasteiger partial charge is 0.325 e. The zero-order valence-corrected chi connectivity index (χ0v) is 17.3. The van der Waals surface area contributed by atoms with Crippen LogP contribution < -0.4 is 5.32 Å². The van der Waals surface area contributed by atoms with Gasteiger partial charge in [-0.2, -0.15) is 0 Å². The van der Waals surface area contributed by atoms with E-state index in [0.29, 0.717) is 22.2 Å². The number of para-hydroxylation sites is 1. The molecule has 0 aliphatic heterocycles. The number of carbonyl (C=O) groups is 1. The zero-order chi connectivity index (χ0) is 22.5. The van der Waals surface area contributed by atoms with E-state index < -0.39 is 4.92 Å². The summed E-state index contributed by atoms with van der Waals surface area (Å²) in [6, 6.07) is 20.9. The van der Waals surface area contributed by atoms with Crippen molar-refractivity contribution < 1.29 is 14.1 Å². The van der Waals surface area contributed by atoms with Gasteiger partial charge in [0.25, 0.3) is 5.69 Å². The van der Waals surface area contributed by atoms with E-state index >= 15 is 0 Å². The smallest absolute Gasteiger partial charge is 0.269 e. The predicted molar refractivity (Wildman–Crippen MR) is 119 cm³/mol. The van der Waals surface area contributed by atoms with E-state index in [2.05, 4.69) is 15.5 Å². The van der Waals surface area contributed by atoms with Gasteiger partial charge in [0.05, 0.1) is 10.7 Å². The topological polar surface area (TPSA) is 103 Å². The number of non-ortho nitro benzene ring substituents is 1. The van der Waals surface area contributed by atoms with Crippen LogP contribution >= 0.6 is 11.8 Å². The lowest BCUT2D eigenvalue weighted by atomic mass is 10.2. The molecular weight excluding hydrogens is 433 g/mol. The summed E-state index contributed by atoms with van der Waals surface area (Å²) in [6.07, 6.45) is 0. The fourth-order valence-electron chi connectivity index (χ4n) is 2.95. The molecule has 0 aliphatic rings. The molecule has 160 valence electrons. The predicted octanol–water partition coefficient (Wildman–Crippen LogP) is 4.71. The van der Waals surface area contributed by atoms with E-state index in [9.17, 15) is 19.3 Å². The summed E-state index contributed by atoms with van der Waals surface area (Å²) in [5, 5.41) is 22.6. The summed E-state index contributed by atoms with van der Waals surface area (Å²) in [5.41, 5.74) is 1.90. The Labute approximate surface area is 186 Å². The van der Waals surface area contributed by atoms with Crippen LogP contribution in [0.5, 0.6) is 0 Å². The molecule has 0 aliphatic carbocycles. The average Bonchev–Trinajstić information content (AvgIpc) is 3.24. The van der Waals surface area contributed by atoms with E-state index in [1.54, 1.807) is 16.7 Å². The van der Waals surface area contributed by atoms with Gasteiger partial charge >= 0.3 is 0 Å². The van der Waals surface area contributed by atoms with Crippen molar-refractivity contribution in [1.29, 1.82) is 0 Å². The van der Waals surface area contributed by atoms with Crippen LogP contribution in [0, 0.1) is 15.9 Å². The average molecular weight is 449 g/mol. The third-order valence-corrected chi connectivity index (χ3v) is 5.37. The first-order valence-corrected chi connectivity index (χ1v) is 10.4. The molecule has 0 radical (unpaired) electrons. The van der Waals surface area contributed by atoms with Crippen molar-refractivity contribution in [2.24, 2.45) is 0 Å². The fraction of sp³-hybridized carbons (Fsp3) is 0.0455. The van der Waals surface area contributed by atoms with Crippen molar-refractivity contribution in [1.82, 2.24) is 14.8 Å². The van der Waals surface area contributed by atoms with E-state index in [0.717, 1.165) is 5.69 Å². The number of halogens is 1. The lowest BCUT2D eigenvalue weighted by molar-refractivity contribution is -0.384. The number of hydrogen-bond acceptors (Lipinski definition) is 6. The van der Waals surface area contributed by atoms with Gasteiger partial charge in [-0.15, -0.1) is 10.2 Å². The van der Waals surface area contributed by atoms with Gasteiger partial charge in [-0.05, 0) is 48.5 Å². The lowest BCUT2D eigenvalue weighted by Gasteiger charge is -2.10. The zero-order valence-electron chi connectivity index (χ0n) is 16.5. The van der Waals surface area contributed by atoms with Crippen LogP contribution in [0.15, 0.2) is 84.0 Å². The van der Waals surface area contributed by atoms with Crippen molar-refractivity contribution in [2.75, 3.05) is 11.1 Å². The maximum atomic E-state index is 13.0. The summed E-state index contributed by atoms with van der Waals surface area (Å²) < 4.78 is 14.8. The summed E-state index contributed by atoms with van der Waals surface area (Å²) in [4.78, 5) is 22.8. The van der Waals surface area contributed by atoms with Gasteiger partial charge in [-0.3, -0.25) is 19.5 Å². The summed E-state index contributed by atoms with van der Waals surface area (Å²) in [5.74, 6) is -0.108. The minimum Gasteiger partial charge on any atom is -0.325 e. The standard InChI is InChI=1S/C22H16FN5O3S/c23-16-8-10-17(11-9-16)24-20(29)14-32-22-26-25-21(27(22)18-4-2-1-3-5-18)15-6-12-19(13-7-15)28(30)31/h1-13H,14H2,(H,24,29). The number of thioether (sulfide) groups is 1. The number of hydrogen-bond donors (Lipinski definition) is 1. The molecule has 32 heavy (non-hydrogen) atoms. The quantitative estimate of drug-likeness (QED) is 0.249. The number of rotatable bonds is 7. The van der Waals surface area contributed by atoms with Crippen LogP contribution in [0.4, 0.5) is 15.8 Å². The third kappa shape index (κ3) is 4.81. The van der Waals surface area contributed by atoms with Gasteiger partial charge in [-0.25, -0.2) is 4.39 Å². The van der Waals surface area contributed by atoms with Gasteiger partial charge in [-0.1, -0.05) is 30.0 Å². The van der Waals surface area contributed by atoms with E-state index in [1.807, 2.05) is 30.3 Å². The SMILES string of the molecule is O=C(CSc1nnc(-c2ccc([N+](=O)[O-])cc2)n1-c1ccccc1)Nc1ccc(F)cc1. The first kappa shape index (κ1) is 21.2. The van der Waals surface area contributed by atoms with Crippen LogP contribution in [-0.2, 0) is 4.79 Å². The van der Waals surface area contributed by atoms with Crippen LogP contribution in [0.2, 0.25) is 0 Å². The van der Waals surface area contributed by atoms with Gasteiger partial charge < -0.3 is 5.32 Å². The number of amides is 1. The summed E-state index contributed by atoms with van der Waals surface area (Å²) in [7, 11) is 0. The highest BCUT2D eigenvalue weighted by Crippen LogP contribution is 2.29. The molecule has 4 rings (SSSR count). The number of nitro groups is 1. The fourth-order valence-corrected chi connectivity index (χ4v) is 3.70. The number of nitrogens with zero attached hydrogens (tertiary/aromatic N) is 4. The van der Waals surface area contributed by atoms with Crippen molar-refractivity contribution in [2.45, 2.75) is 5.16 Å². The number of nitrogens with one attached hydrogen (secondary N) is 1. The van der Waals surface area contributed by atoms with E-state index in [-0.39, 0.29) is 23.2 Å². The lowest BCUT2D eigenvalue weighted by Crippen LogP contribution is -2.14. The van der Waals surface area contributed by atoms with Crippen LogP contribution in [0.25, 0.3) is 17.1 Å². The second-order valence-corrected chi connectivity index (χ2v) is 7.57. The van der Waals surface area contributed by atoms with Crippen LogP contribution in [0.3, 0.4) is 0 Å². The molecule has 10 heteroatoms. The Kier molecular flexibility index (Phi) is 6.22. The van der Waals surface area contributed by atoms with Gasteiger partial charge in [0.1, 0.15) is 5.82 Å². The Balaban J connectivity index is 1.58. The van der Waals surface area contributed by atoms with E-state index in [4.69, 9.17) is 0 Å². The molecule has 0 saturated carbocycles. The molecule has 4 aromatic rings. The highest BCUT2D eigenvalue weighted by molar-refractivity contribution is 7.99. The molecule has 0 bridgehead atoms. The molecule has 0 unspecified atom stereocenters. The molecule has 1 heterocycles. The number of carbonyl (C=O) groups excluding carboxylic acids is 1. The summed E-state index contributed by atoms with van der Waals surface area (Å²) in [6.45, 7) is 0. The highest BCUT2D eigenvalue weighted by atomic mass is 32.2. The summed E-state index contributed by atoms with van der Waals surface area (Å²) >= 11 is 1.19. The van der Waals surface area contributed by atoms with Gasteiger partial charge in [0.2, 0.25) is 5.91 Å². The van der Waals surface area contributed by atoms with E-state index in [1.165, 1.54) is 48.2 Å². The minimum absolute atomic E-state index is 0.0217. The molecular formula is C22H16FN5O3S. The Morgan fingerprint density at radius 1 is 1.00 bits per heavy atom. The number of aromatic nitrogens is 3. The molecule has 0 saturated heterocycles. The molecule has 1 amide bonds. The molecule has 0 spiro atoms. The normalized spacial score (nSPS) is 10.7. The number of anilines is 1. The number of nitro benzene ring substituents is 1. The van der Waals surface area contributed by atoms with Crippen molar-refractivity contribution in [3.05, 3.63) is 94.8 Å². The first-order valence-electron chi connectivity index (χ1n) is 9.45. The maximum Gasteiger partial charge on any atom is 0.269 e. The Morgan fingerprint density at radius 3 is 2.34 bits per heavy atom. The van der Waals surface area contributed by atoms with Gasteiger partial charge in [0.15, 0.2) is 11.0 Å². The Hall–Kier alpha value is -4.05. The minimum atomic E-state index is -0.466. The van der Waals surface area contributed by atoms with Crippen LogP contribution in [-0.4, -0.2) is 31.3 Å². The van der Waals surface area contributed by atoms with Crippen LogP contribution in [0.1, 0.15) is 0 Å². The molecule has 1 N–H and O–H groups in total. The molecule has 1 aromatic heterocycles. The third-order valence-electron chi connectivity index (χ3n) is 4.44. The van der Waals surface area contributed by atoms with Crippen molar-refractivity contribution >= 4 is 29.0 Å². The Bertz CT molecular complexity index is 1250.